The number of nitrogens with one attached hydrogen (secondary N) is 3. The van der Waals surface area contributed by atoms with Gasteiger partial charge in [-0.25, -0.2) is 0 Å². The number of piperidine rings is 1. The Bertz CT molecular complexity index is 1180. The topological polar surface area (TPSA) is 130 Å². The van der Waals surface area contributed by atoms with E-state index >= 15 is 0 Å². The molecule has 3 atom stereocenters. The van der Waals surface area contributed by atoms with Crippen LogP contribution in [0.4, 0.5) is 17.1 Å². The van der Waals surface area contributed by atoms with Gasteiger partial charge in [-0.05, 0) is 43.7 Å². The lowest BCUT2D eigenvalue weighted by Gasteiger charge is -2.35. The van der Waals surface area contributed by atoms with Crippen LogP contribution in [0, 0.1) is 16.0 Å². The number of aromatic nitrogens is 1. The van der Waals surface area contributed by atoms with Crippen LogP contribution < -0.4 is 16.0 Å². The number of rotatable bonds is 7. The van der Waals surface area contributed by atoms with Crippen LogP contribution in [-0.4, -0.2) is 58.8 Å². The van der Waals surface area contributed by atoms with Crippen LogP contribution in [0.3, 0.4) is 0 Å². The molecule has 37 heavy (non-hydrogen) atoms. The van der Waals surface area contributed by atoms with Crippen molar-refractivity contribution in [2.24, 2.45) is 5.92 Å². The molecule has 2 amide bonds. The zero-order chi connectivity index (χ0) is 26.5. The van der Waals surface area contributed by atoms with E-state index in [4.69, 9.17) is 0 Å². The molecule has 11 heteroatoms. The zero-order valence-corrected chi connectivity index (χ0v) is 22.7. The lowest BCUT2D eigenvalue weighted by atomic mass is 9.89. The Hall–Kier alpha value is -3.21. The first-order chi connectivity index (χ1) is 17.8. The summed E-state index contributed by atoms with van der Waals surface area (Å²) in [7, 11) is 1.76. The van der Waals surface area contributed by atoms with Gasteiger partial charge in [-0.3, -0.25) is 24.7 Å². The van der Waals surface area contributed by atoms with E-state index < -0.39 is 4.92 Å². The van der Waals surface area contributed by atoms with Crippen molar-refractivity contribution in [1.82, 2.24) is 15.2 Å². The van der Waals surface area contributed by atoms with E-state index in [1.54, 1.807) is 30.3 Å². The van der Waals surface area contributed by atoms with E-state index in [2.05, 4.69) is 43.8 Å². The predicted molar refractivity (Wildman–Crippen MR) is 146 cm³/mol. The first-order valence-corrected chi connectivity index (χ1v) is 13.5. The highest BCUT2D eigenvalue weighted by Crippen LogP contribution is 2.36. The maximum absolute atomic E-state index is 13.6. The number of anilines is 2. The van der Waals surface area contributed by atoms with Crippen molar-refractivity contribution in [2.45, 2.75) is 57.5 Å². The summed E-state index contributed by atoms with van der Waals surface area (Å²) in [4.78, 5) is 44.1. The van der Waals surface area contributed by atoms with Gasteiger partial charge in [-0.1, -0.05) is 35.7 Å². The van der Waals surface area contributed by atoms with Gasteiger partial charge in [0.25, 0.3) is 17.5 Å². The van der Waals surface area contributed by atoms with Crippen molar-refractivity contribution in [3.8, 4) is 0 Å². The summed E-state index contributed by atoms with van der Waals surface area (Å²) in [6.45, 7) is 3.37. The van der Waals surface area contributed by atoms with Gasteiger partial charge in [0, 0.05) is 55.2 Å². The lowest BCUT2D eigenvalue weighted by Crippen LogP contribution is -2.49. The van der Waals surface area contributed by atoms with Crippen LogP contribution in [0.25, 0.3) is 0 Å². The molecule has 2 heterocycles. The highest BCUT2D eigenvalue weighted by atomic mass is 79.9. The summed E-state index contributed by atoms with van der Waals surface area (Å²) in [6.07, 6.45) is 8.39. The Balaban J connectivity index is 1.62. The fraction of sp³-hybridized carbons (Fsp3) is 0.500. The summed E-state index contributed by atoms with van der Waals surface area (Å²) >= 11 is 3.36. The molecule has 1 aliphatic carbocycles. The SMILES string of the molecule is CNc1cncc(C(=O)N[C@H]2CCCC[C@H]2Nc2c(C(=O)N3CCC[C@H](C)C3)cc(Br)cc2[N+](=O)[O-])c1. The van der Waals surface area contributed by atoms with E-state index in [0.717, 1.165) is 37.8 Å². The average Bonchev–Trinajstić information content (AvgIpc) is 2.89. The molecule has 0 unspecified atom stereocenters. The molecule has 1 saturated carbocycles. The Morgan fingerprint density at radius 1 is 1.11 bits per heavy atom. The molecule has 4 rings (SSSR count). The number of nitro groups is 1. The van der Waals surface area contributed by atoms with Crippen molar-refractivity contribution in [3.05, 3.63) is 56.3 Å². The van der Waals surface area contributed by atoms with E-state index in [9.17, 15) is 19.7 Å². The Kier molecular flexibility index (Phi) is 8.63. The van der Waals surface area contributed by atoms with Gasteiger partial charge >= 0.3 is 0 Å². The average molecular weight is 573 g/mol. The minimum Gasteiger partial charge on any atom is -0.387 e. The molecule has 2 fully saturated rings. The fourth-order valence-electron chi connectivity index (χ4n) is 5.22. The van der Waals surface area contributed by atoms with E-state index in [0.29, 0.717) is 35.5 Å². The van der Waals surface area contributed by atoms with Crippen molar-refractivity contribution < 1.29 is 14.5 Å². The zero-order valence-electron chi connectivity index (χ0n) is 21.1. The maximum Gasteiger partial charge on any atom is 0.294 e. The van der Waals surface area contributed by atoms with Crippen LogP contribution >= 0.6 is 15.9 Å². The van der Waals surface area contributed by atoms with Gasteiger partial charge in [0.15, 0.2) is 0 Å². The normalized spacial score (nSPS) is 21.7. The molecule has 198 valence electrons. The summed E-state index contributed by atoms with van der Waals surface area (Å²) < 4.78 is 0.476. The van der Waals surface area contributed by atoms with Crippen molar-refractivity contribution >= 4 is 44.8 Å². The second-order valence-electron chi connectivity index (χ2n) is 9.93. The number of carbonyl (C=O) groups excluding carboxylic acids is 2. The number of benzene rings is 1. The third-order valence-corrected chi connectivity index (χ3v) is 7.61. The molecule has 10 nitrogen and oxygen atoms in total. The Labute approximate surface area is 224 Å². The van der Waals surface area contributed by atoms with Gasteiger partial charge < -0.3 is 20.9 Å². The summed E-state index contributed by atoms with van der Waals surface area (Å²) in [5.74, 6) is -0.0953. The minimum atomic E-state index is -0.464. The monoisotopic (exact) mass is 572 g/mol. The molecule has 3 N–H and O–H groups in total. The number of likely N-dealkylation sites (tertiary alicyclic amines) is 1. The molecular formula is C26H33BrN6O4. The third-order valence-electron chi connectivity index (χ3n) is 7.15. The highest BCUT2D eigenvalue weighted by Gasteiger charge is 2.33. The van der Waals surface area contributed by atoms with Crippen LogP contribution in [0.5, 0.6) is 0 Å². The molecule has 2 aromatic rings. The Morgan fingerprint density at radius 2 is 1.86 bits per heavy atom. The van der Waals surface area contributed by atoms with Gasteiger partial charge in [0.1, 0.15) is 5.69 Å². The standard InChI is InChI=1S/C26H33BrN6O4/c1-16-6-5-9-32(15-16)26(35)20-11-18(27)12-23(33(36)37)24(20)30-21-7-3-4-8-22(21)31-25(34)17-10-19(28-2)14-29-13-17/h10-14,16,21-22,28,30H,3-9,15H2,1-2H3,(H,31,34)/t16-,21+,22-/m0/s1. The second kappa shape index (κ2) is 11.9. The van der Waals surface area contributed by atoms with Crippen LogP contribution in [0.2, 0.25) is 0 Å². The van der Waals surface area contributed by atoms with Gasteiger partial charge in [-0.2, -0.15) is 0 Å². The maximum atomic E-state index is 13.6. The highest BCUT2D eigenvalue weighted by molar-refractivity contribution is 9.10. The molecule has 1 saturated heterocycles. The molecule has 0 radical (unpaired) electrons. The van der Waals surface area contributed by atoms with Crippen LogP contribution in [-0.2, 0) is 0 Å². The fourth-order valence-corrected chi connectivity index (χ4v) is 5.66. The molecule has 0 bridgehead atoms. The van der Waals surface area contributed by atoms with E-state index in [1.165, 1.54) is 12.3 Å². The van der Waals surface area contributed by atoms with Crippen LogP contribution in [0.15, 0.2) is 35.1 Å². The third kappa shape index (κ3) is 6.38. The largest absolute Gasteiger partial charge is 0.387 e. The minimum absolute atomic E-state index is 0.163. The first kappa shape index (κ1) is 26.8. The van der Waals surface area contributed by atoms with Crippen LogP contribution in [0.1, 0.15) is 66.2 Å². The number of carbonyl (C=O) groups is 2. The van der Waals surface area contributed by atoms with Crippen molar-refractivity contribution in [1.29, 1.82) is 0 Å². The van der Waals surface area contributed by atoms with Gasteiger partial charge in [0.05, 0.1) is 21.7 Å². The van der Waals surface area contributed by atoms with Crippen molar-refractivity contribution in [3.63, 3.8) is 0 Å². The van der Waals surface area contributed by atoms with Gasteiger partial charge in [0.2, 0.25) is 0 Å². The number of hydrogen-bond acceptors (Lipinski definition) is 7. The van der Waals surface area contributed by atoms with Crippen molar-refractivity contribution in [2.75, 3.05) is 30.8 Å². The molecule has 1 aliphatic heterocycles. The number of halogens is 1. The Morgan fingerprint density at radius 3 is 2.57 bits per heavy atom. The summed E-state index contributed by atoms with van der Waals surface area (Å²) in [6, 6.07) is 4.26. The quantitative estimate of drug-likeness (QED) is 0.320. The predicted octanol–water partition coefficient (Wildman–Crippen LogP) is 4.82. The molecule has 2 aliphatic rings. The second-order valence-corrected chi connectivity index (χ2v) is 10.8. The first-order valence-electron chi connectivity index (χ1n) is 12.7. The number of pyridine rings is 1. The lowest BCUT2D eigenvalue weighted by molar-refractivity contribution is -0.384. The number of hydrogen-bond donors (Lipinski definition) is 3. The number of nitro benzene ring substituents is 1. The number of amides is 2. The van der Waals surface area contributed by atoms with E-state index in [-0.39, 0.29) is 40.8 Å². The molecule has 1 aromatic heterocycles. The molecule has 1 aromatic carbocycles. The molecule has 0 spiro atoms. The van der Waals surface area contributed by atoms with Gasteiger partial charge in [-0.15, -0.1) is 0 Å². The summed E-state index contributed by atoms with van der Waals surface area (Å²) in [5, 5.41) is 21.5. The smallest absolute Gasteiger partial charge is 0.294 e. The summed E-state index contributed by atoms with van der Waals surface area (Å²) in [5.41, 5.74) is 1.48. The van der Waals surface area contributed by atoms with E-state index in [1.807, 2.05) is 0 Å². The number of nitrogens with zero attached hydrogens (tertiary/aromatic N) is 3. The molecular weight excluding hydrogens is 540 g/mol.